The summed E-state index contributed by atoms with van der Waals surface area (Å²) in [7, 11) is 0. The van der Waals surface area contributed by atoms with Gasteiger partial charge in [0.2, 0.25) is 5.91 Å². The molecule has 1 rings (SSSR count). The molecule has 0 bridgehead atoms. The van der Waals surface area contributed by atoms with Crippen LogP contribution in [0.15, 0.2) is 18.2 Å². The lowest BCUT2D eigenvalue weighted by Crippen LogP contribution is -2.42. The first-order valence-corrected chi connectivity index (χ1v) is 5.88. The molecule has 0 fully saturated rings. The van der Waals surface area contributed by atoms with E-state index in [0.29, 0.717) is 15.6 Å². The molecule has 0 aliphatic heterocycles. The molecule has 19 heavy (non-hydrogen) atoms. The Morgan fingerprint density at radius 3 is 2.47 bits per heavy atom. The lowest BCUT2D eigenvalue weighted by atomic mass is 10.1. The number of amides is 1. The number of rotatable bonds is 5. The Morgan fingerprint density at radius 2 is 1.95 bits per heavy atom. The van der Waals surface area contributed by atoms with Crippen molar-refractivity contribution in [2.24, 2.45) is 5.73 Å². The van der Waals surface area contributed by atoms with Crippen molar-refractivity contribution in [1.82, 2.24) is 5.32 Å². The second kappa shape index (κ2) is 7.85. The number of alkyl halides is 2. The molecule has 3 N–H and O–H groups in total. The fourth-order valence-corrected chi connectivity index (χ4v) is 1.52. The van der Waals surface area contributed by atoms with Crippen molar-refractivity contribution in [3.05, 3.63) is 33.8 Å². The maximum absolute atomic E-state index is 12.8. The number of benzene rings is 1. The molecule has 0 aliphatic carbocycles. The zero-order valence-electron chi connectivity index (χ0n) is 9.76. The Labute approximate surface area is 125 Å². The van der Waals surface area contributed by atoms with E-state index in [-0.39, 0.29) is 18.8 Å². The highest BCUT2D eigenvalue weighted by atomic mass is 35.5. The van der Waals surface area contributed by atoms with E-state index in [0.717, 1.165) is 0 Å². The summed E-state index contributed by atoms with van der Waals surface area (Å²) >= 11 is 11.5. The van der Waals surface area contributed by atoms with Crippen molar-refractivity contribution < 1.29 is 13.6 Å². The normalized spacial score (nSPS) is 10.8. The molecule has 0 saturated carbocycles. The molecule has 0 aliphatic rings. The number of carbonyl (C=O) groups excluding carboxylic acids is 1. The maximum Gasteiger partial charge on any atom is 0.277 e. The van der Waals surface area contributed by atoms with E-state index in [4.69, 9.17) is 28.9 Å². The van der Waals surface area contributed by atoms with Gasteiger partial charge in [0, 0.05) is 0 Å². The molecule has 8 heteroatoms. The average molecular weight is 334 g/mol. The van der Waals surface area contributed by atoms with Gasteiger partial charge in [-0.25, -0.2) is 8.78 Å². The second-order valence-electron chi connectivity index (χ2n) is 3.76. The lowest BCUT2D eigenvalue weighted by molar-refractivity contribution is -0.122. The number of nitrogens with one attached hydrogen (secondary N) is 1. The van der Waals surface area contributed by atoms with E-state index in [9.17, 15) is 13.6 Å². The summed E-state index contributed by atoms with van der Waals surface area (Å²) in [6.45, 7) is -1.58. The molecule has 1 amide bonds. The fourth-order valence-electron chi connectivity index (χ4n) is 1.20. The third kappa shape index (κ3) is 6.38. The van der Waals surface area contributed by atoms with Crippen LogP contribution in [0.5, 0.6) is 0 Å². The van der Waals surface area contributed by atoms with E-state index in [1.165, 1.54) is 6.07 Å². The molecule has 0 heterocycles. The molecule has 1 aromatic carbocycles. The Hall–Kier alpha value is -0.620. The van der Waals surface area contributed by atoms with Crippen LogP contribution in [0.25, 0.3) is 0 Å². The van der Waals surface area contributed by atoms with Gasteiger partial charge < -0.3 is 11.1 Å². The Morgan fingerprint density at radius 1 is 1.32 bits per heavy atom. The van der Waals surface area contributed by atoms with Crippen LogP contribution < -0.4 is 11.1 Å². The van der Waals surface area contributed by atoms with E-state index in [1.54, 1.807) is 12.1 Å². The number of hydrogen-bond donors (Lipinski definition) is 2. The van der Waals surface area contributed by atoms with Crippen LogP contribution in [0, 0.1) is 0 Å². The zero-order chi connectivity index (χ0) is 13.8. The quantitative estimate of drug-likeness (QED) is 0.870. The molecule has 0 unspecified atom stereocenters. The van der Waals surface area contributed by atoms with Crippen molar-refractivity contribution in [1.29, 1.82) is 0 Å². The highest BCUT2D eigenvalue weighted by Crippen LogP contribution is 2.22. The summed E-state index contributed by atoms with van der Waals surface area (Å²) in [5, 5.41) is 2.80. The van der Waals surface area contributed by atoms with Crippen LogP contribution in [0.2, 0.25) is 10.0 Å². The van der Waals surface area contributed by atoms with E-state index in [1.807, 2.05) is 0 Å². The minimum atomic E-state index is -3.09. The van der Waals surface area contributed by atoms with Gasteiger partial charge in [0.05, 0.1) is 29.6 Å². The van der Waals surface area contributed by atoms with Crippen molar-refractivity contribution >= 4 is 41.5 Å². The first-order chi connectivity index (χ1) is 8.34. The fraction of sp³-hybridized carbons (Fsp3) is 0.364. The SMILES string of the molecule is Cl.NCC(F)(F)CNC(=O)Cc1ccc(Cl)c(Cl)c1. The third-order valence-corrected chi connectivity index (χ3v) is 2.93. The van der Waals surface area contributed by atoms with Crippen molar-refractivity contribution in [3.8, 4) is 0 Å². The van der Waals surface area contributed by atoms with Crippen molar-refractivity contribution in [2.45, 2.75) is 12.3 Å². The Kier molecular flexibility index (Phi) is 7.59. The molecule has 0 atom stereocenters. The predicted octanol–water partition coefficient (Wildman–Crippen LogP) is 2.67. The van der Waals surface area contributed by atoms with Crippen LogP contribution in [-0.4, -0.2) is 24.9 Å². The molecule has 0 aromatic heterocycles. The number of hydrogen-bond acceptors (Lipinski definition) is 2. The molecule has 3 nitrogen and oxygen atoms in total. The van der Waals surface area contributed by atoms with Gasteiger partial charge in [-0.2, -0.15) is 0 Å². The second-order valence-corrected chi connectivity index (χ2v) is 4.58. The molecular formula is C11H13Cl3F2N2O. The number of halogens is 5. The largest absolute Gasteiger partial charge is 0.350 e. The summed E-state index contributed by atoms with van der Waals surface area (Å²) in [5.41, 5.74) is 5.44. The highest BCUT2D eigenvalue weighted by Gasteiger charge is 2.27. The smallest absolute Gasteiger partial charge is 0.277 e. The van der Waals surface area contributed by atoms with Gasteiger partial charge in [-0.15, -0.1) is 12.4 Å². The minimum absolute atomic E-state index is 0. The van der Waals surface area contributed by atoms with Gasteiger partial charge in [-0.1, -0.05) is 29.3 Å². The maximum atomic E-state index is 12.8. The summed E-state index contributed by atoms with van der Waals surface area (Å²) < 4.78 is 25.6. The van der Waals surface area contributed by atoms with Gasteiger partial charge in [0.1, 0.15) is 0 Å². The summed E-state index contributed by atoms with van der Waals surface area (Å²) in [5.74, 6) is -3.62. The summed E-state index contributed by atoms with van der Waals surface area (Å²) in [4.78, 5) is 11.4. The predicted molar refractivity (Wildman–Crippen MR) is 74.4 cm³/mol. The van der Waals surface area contributed by atoms with Gasteiger partial charge in [0.15, 0.2) is 0 Å². The van der Waals surface area contributed by atoms with Crippen molar-refractivity contribution in [2.75, 3.05) is 13.1 Å². The standard InChI is InChI=1S/C11H12Cl2F2N2O.ClH/c12-8-2-1-7(3-9(8)13)4-10(18)17-6-11(14,15)5-16;/h1-3H,4-6,16H2,(H,17,18);1H. The third-order valence-electron chi connectivity index (χ3n) is 2.19. The summed E-state index contributed by atoms with van der Waals surface area (Å²) in [6.07, 6.45) is -0.0441. The van der Waals surface area contributed by atoms with E-state index in [2.05, 4.69) is 5.32 Å². The van der Waals surface area contributed by atoms with Crippen LogP contribution in [0.3, 0.4) is 0 Å². The van der Waals surface area contributed by atoms with Crippen molar-refractivity contribution in [3.63, 3.8) is 0 Å². The number of carbonyl (C=O) groups is 1. The molecule has 108 valence electrons. The lowest BCUT2D eigenvalue weighted by Gasteiger charge is -2.14. The molecule has 0 saturated heterocycles. The van der Waals surface area contributed by atoms with E-state index < -0.39 is 24.9 Å². The molecular weight excluding hydrogens is 320 g/mol. The van der Waals surface area contributed by atoms with Crippen LogP contribution >= 0.6 is 35.6 Å². The van der Waals surface area contributed by atoms with E-state index >= 15 is 0 Å². The molecule has 0 radical (unpaired) electrons. The Bertz CT molecular complexity index is 444. The van der Waals surface area contributed by atoms with Gasteiger partial charge >= 0.3 is 0 Å². The first kappa shape index (κ1) is 18.4. The van der Waals surface area contributed by atoms with Gasteiger partial charge in [0.25, 0.3) is 5.92 Å². The van der Waals surface area contributed by atoms with Crippen LogP contribution in [0.4, 0.5) is 8.78 Å². The Balaban J connectivity index is 0.00000324. The number of nitrogens with two attached hydrogens (primary N) is 1. The summed E-state index contributed by atoms with van der Waals surface area (Å²) in [6, 6.07) is 4.67. The topological polar surface area (TPSA) is 55.1 Å². The average Bonchev–Trinajstić information content (AvgIpc) is 2.32. The zero-order valence-corrected chi connectivity index (χ0v) is 12.1. The monoisotopic (exact) mass is 332 g/mol. The van der Waals surface area contributed by atoms with Crippen LogP contribution in [0.1, 0.15) is 5.56 Å². The molecule has 1 aromatic rings. The minimum Gasteiger partial charge on any atom is -0.350 e. The van der Waals surface area contributed by atoms with Gasteiger partial charge in [-0.3, -0.25) is 4.79 Å². The van der Waals surface area contributed by atoms with Crippen LogP contribution in [-0.2, 0) is 11.2 Å². The molecule has 0 spiro atoms. The highest BCUT2D eigenvalue weighted by molar-refractivity contribution is 6.42. The van der Waals surface area contributed by atoms with Gasteiger partial charge in [-0.05, 0) is 17.7 Å². The first-order valence-electron chi connectivity index (χ1n) is 5.12.